The van der Waals surface area contributed by atoms with Crippen LogP contribution in [0.25, 0.3) is 0 Å². The lowest BCUT2D eigenvalue weighted by atomic mass is 10.3. The van der Waals surface area contributed by atoms with Crippen molar-refractivity contribution in [1.29, 1.82) is 0 Å². The SMILES string of the molecule is CCNC(=NCCCCNc1ccccn1)NC1CC1.I. The molecule has 0 spiro atoms. The fourth-order valence-electron chi connectivity index (χ4n) is 1.85. The summed E-state index contributed by atoms with van der Waals surface area (Å²) >= 11 is 0. The first-order chi connectivity index (χ1) is 9.88. The van der Waals surface area contributed by atoms with Gasteiger partial charge in [-0.1, -0.05) is 6.07 Å². The van der Waals surface area contributed by atoms with Gasteiger partial charge in [-0.3, -0.25) is 4.99 Å². The molecule has 1 aromatic rings. The Bertz CT molecular complexity index is 406. The van der Waals surface area contributed by atoms with Crippen molar-refractivity contribution in [3.05, 3.63) is 24.4 Å². The van der Waals surface area contributed by atoms with E-state index in [9.17, 15) is 0 Å². The quantitative estimate of drug-likeness (QED) is 0.270. The molecule has 0 atom stereocenters. The predicted molar refractivity (Wildman–Crippen MR) is 99.5 cm³/mol. The zero-order chi connectivity index (χ0) is 14.0. The Balaban J connectivity index is 0.00000220. The molecule has 0 aliphatic heterocycles. The fraction of sp³-hybridized carbons (Fsp3) is 0.600. The molecule has 0 radical (unpaired) electrons. The van der Waals surface area contributed by atoms with Gasteiger partial charge in [0.25, 0.3) is 0 Å². The van der Waals surface area contributed by atoms with Crippen LogP contribution in [0.5, 0.6) is 0 Å². The number of nitrogens with one attached hydrogen (secondary N) is 3. The third-order valence-corrected chi connectivity index (χ3v) is 3.09. The number of rotatable bonds is 8. The summed E-state index contributed by atoms with van der Waals surface area (Å²) in [5.41, 5.74) is 0. The minimum atomic E-state index is 0. The van der Waals surface area contributed by atoms with E-state index in [2.05, 4.69) is 32.9 Å². The lowest BCUT2D eigenvalue weighted by Gasteiger charge is -2.10. The molecular formula is C15H26IN5. The van der Waals surface area contributed by atoms with E-state index in [1.165, 1.54) is 12.8 Å². The summed E-state index contributed by atoms with van der Waals surface area (Å²) in [4.78, 5) is 8.82. The van der Waals surface area contributed by atoms with Gasteiger partial charge in [-0.05, 0) is 44.7 Å². The van der Waals surface area contributed by atoms with E-state index in [0.29, 0.717) is 6.04 Å². The van der Waals surface area contributed by atoms with Crippen LogP contribution < -0.4 is 16.0 Å². The van der Waals surface area contributed by atoms with Gasteiger partial charge in [0.1, 0.15) is 5.82 Å². The van der Waals surface area contributed by atoms with Crippen LogP contribution in [0.3, 0.4) is 0 Å². The highest BCUT2D eigenvalue weighted by Gasteiger charge is 2.21. The largest absolute Gasteiger partial charge is 0.370 e. The van der Waals surface area contributed by atoms with Gasteiger partial charge in [-0.15, -0.1) is 24.0 Å². The molecule has 118 valence electrons. The van der Waals surface area contributed by atoms with Gasteiger partial charge in [-0.2, -0.15) is 0 Å². The van der Waals surface area contributed by atoms with Crippen LogP contribution in [-0.4, -0.2) is 36.6 Å². The first-order valence-corrected chi connectivity index (χ1v) is 7.58. The summed E-state index contributed by atoms with van der Waals surface area (Å²) in [7, 11) is 0. The number of aliphatic imine (C=N–C) groups is 1. The monoisotopic (exact) mass is 403 g/mol. The van der Waals surface area contributed by atoms with Crippen molar-refractivity contribution in [1.82, 2.24) is 15.6 Å². The van der Waals surface area contributed by atoms with E-state index in [0.717, 1.165) is 44.3 Å². The van der Waals surface area contributed by atoms with Gasteiger partial charge >= 0.3 is 0 Å². The van der Waals surface area contributed by atoms with Crippen LogP contribution >= 0.6 is 24.0 Å². The van der Waals surface area contributed by atoms with Gasteiger partial charge < -0.3 is 16.0 Å². The highest BCUT2D eigenvalue weighted by molar-refractivity contribution is 14.0. The van der Waals surface area contributed by atoms with Crippen molar-refractivity contribution >= 4 is 35.8 Å². The van der Waals surface area contributed by atoms with Gasteiger partial charge in [0.05, 0.1) is 0 Å². The molecule has 1 saturated carbocycles. The maximum Gasteiger partial charge on any atom is 0.191 e. The van der Waals surface area contributed by atoms with Crippen LogP contribution in [0.4, 0.5) is 5.82 Å². The average Bonchev–Trinajstić information content (AvgIpc) is 3.28. The summed E-state index contributed by atoms with van der Waals surface area (Å²) < 4.78 is 0. The van der Waals surface area contributed by atoms with Crippen molar-refractivity contribution in [2.45, 2.75) is 38.6 Å². The van der Waals surface area contributed by atoms with Crippen LogP contribution in [0.2, 0.25) is 0 Å². The first-order valence-electron chi connectivity index (χ1n) is 7.58. The van der Waals surface area contributed by atoms with Crippen molar-refractivity contribution < 1.29 is 0 Å². The second kappa shape index (κ2) is 10.6. The molecule has 1 aliphatic rings. The Labute approximate surface area is 144 Å². The summed E-state index contributed by atoms with van der Waals surface area (Å²) in [5.74, 6) is 1.91. The highest BCUT2D eigenvalue weighted by Crippen LogP contribution is 2.18. The smallest absolute Gasteiger partial charge is 0.191 e. The topological polar surface area (TPSA) is 61.3 Å². The maximum atomic E-state index is 4.59. The molecule has 3 N–H and O–H groups in total. The number of aromatic nitrogens is 1. The van der Waals surface area contributed by atoms with E-state index < -0.39 is 0 Å². The zero-order valence-corrected chi connectivity index (χ0v) is 15.0. The van der Waals surface area contributed by atoms with Crippen LogP contribution in [0.1, 0.15) is 32.6 Å². The molecule has 5 nitrogen and oxygen atoms in total. The number of halogens is 1. The van der Waals surface area contributed by atoms with Crippen LogP contribution in [0.15, 0.2) is 29.4 Å². The molecule has 0 saturated heterocycles. The van der Waals surface area contributed by atoms with Crippen molar-refractivity contribution in [2.75, 3.05) is 25.0 Å². The predicted octanol–water partition coefficient (Wildman–Crippen LogP) is 2.61. The summed E-state index contributed by atoms with van der Waals surface area (Å²) in [6, 6.07) is 6.56. The first kappa shape index (κ1) is 18.0. The number of guanidine groups is 1. The normalized spacial score (nSPS) is 14.2. The van der Waals surface area contributed by atoms with E-state index in [-0.39, 0.29) is 24.0 Å². The fourth-order valence-corrected chi connectivity index (χ4v) is 1.85. The molecule has 0 bridgehead atoms. The molecule has 0 amide bonds. The van der Waals surface area contributed by atoms with E-state index in [4.69, 9.17) is 0 Å². The number of hydrogen-bond donors (Lipinski definition) is 3. The number of nitrogens with zero attached hydrogens (tertiary/aromatic N) is 2. The lowest BCUT2D eigenvalue weighted by molar-refractivity contribution is 0.751. The second-order valence-corrected chi connectivity index (χ2v) is 5.03. The summed E-state index contributed by atoms with van der Waals surface area (Å²) in [6.07, 6.45) is 6.54. The lowest BCUT2D eigenvalue weighted by Crippen LogP contribution is -2.38. The highest BCUT2D eigenvalue weighted by atomic mass is 127. The minimum Gasteiger partial charge on any atom is -0.370 e. The Morgan fingerprint density at radius 3 is 2.86 bits per heavy atom. The van der Waals surface area contributed by atoms with Crippen molar-refractivity contribution in [3.8, 4) is 0 Å². The molecule has 1 aromatic heterocycles. The Kier molecular flexibility index (Phi) is 9.12. The Hall–Kier alpha value is -1.05. The Morgan fingerprint density at radius 2 is 2.19 bits per heavy atom. The zero-order valence-electron chi connectivity index (χ0n) is 12.6. The minimum absolute atomic E-state index is 0. The molecule has 1 heterocycles. The van der Waals surface area contributed by atoms with Gasteiger partial charge in [0.2, 0.25) is 0 Å². The summed E-state index contributed by atoms with van der Waals surface area (Å²) in [6.45, 7) is 4.83. The third kappa shape index (κ3) is 8.08. The molecule has 2 rings (SSSR count). The van der Waals surface area contributed by atoms with Crippen molar-refractivity contribution in [3.63, 3.8) is 0 Å². The van der Waals surface area contributed by atoms with Gasteiger partial charge in [0, 0.05) is 31.9 Å². The second-order valence-electron chi connectivity index (χ2n) is 5.03. The van der Waals surface area contributed by atoms with E-state index in [1.54, 1.807) is 6.20 Å². The standard InChI is InChI=1S/C15H25N5.HI/c1-2-16-15(20-13-8-9-13)19-12-6-5-11-18-14-7-3-4-10-17-14;/h3-4,7,10,13H,2,5-6,8-9,11-12H2,1H3,(H,17,18)(H2,16,19,20);1H. The van der Waals surface area contributed by atoms with E-state index >= 15 is 0 Å². The molecule has 1 fully saturated rings. The molecule has 1 aliphatic carbocycles. The van der Waals surface area contributed by atoms with E-state index in [1.807, 2.05) is 18.2 Å². The van der Waals surface area contributed by atoms with Gasteiger partial charge in [0.15, 0.2) is 5.96 Å². The number of pyridine rings is 1. The van der Waals surface area contributed by atoms with Crippen molar-refractivity contribution in [2.24, 2.45) is 4.99 Å². The molecule has 0 aromatic carbocycles. The molecule has 21 heavy (non-hydrogen) atoms. The Morgan fingerprint density at radius 1 is 1.33 bits per heavy atom. The average molecular weight is 403 g/mol. The van der Waals surface area contributed by atoms with Gasteiger partial charge in [-0.25, -0.2) is 4.98 Å². The van der Waals surface area contributed by atoms with Crippen LogP contribution in [0, 0.1) is 0 Å². The van der Waals surface area contributed by atoms with Crippen LogP contribution in [-0.2, 0) is 0 Å². The molecule has 0 unspecified atom stereocenters. The summed E-state index contributed by atoms with van der Waals surface area (Å²) in [5, 5.41) is 10.0. The number of anilines is 1. The molecule has 6 heteroatoms. The molecular weight excluding hydrogens is 377 g/mol. The third-order valence-electron chi connectivity index (χ3n) is 3.09. The maximum absolute atomic E-state index is 4.59. The number of unbranched alkanes of at least 4 members (excludes halogenated alkanes) is 1. The number of hydrogen-bond acceptors (Lipinski definition) is 3.